The Morgan fingerprint density at radius 2 is 1.83 bits per heavy atom. The van der Waals surface area contributed by atoms with Crippen LogP contribution in [0.25, 0.3) is 11.1 Å². The zero-order chi connectivity index (χ0) is 40.9. The number of alkyl halides is 1. The van der Waals surface area contributed by atoms with Gasteiger partial charge in [0, 0.05) is 68.9 Å². The quantitative estimate of drug-likeness (QED) is 0.0510. The number of piperazine rings is 1. The first-order valence-electron chi connectivity index (χ1n) is 17.9. The molecule has 19 nitrogen and oxygen atoms in total. The number of β-lactam (4-membered cyclic amide) rings is 1. The number of amides is 2. The van der Waals surface area contributed by atoms with Crippen molar-refractivity contribution < 1.29 is 42.6 Å². The number of hydrazone groups is 1. The molecule has 7 rings (SSSR count). The Labute approximate surface area is 339 Å². The summed E-state index contributed by atoms with van der Waals surface area (Å²) >= 11 is 1.98. The first kappa shape index (κ1) is 40.1. The highest BCUT2D eigenvalue weighted by Crippen LogP contribution is 2.45. The molecule has 0 saturated carbocycles. The van der Waals surface area contributed by atoms with E-state index in [1.807, 2.05) is 53.4 Å². The summed E-state index contributed by atoms with van der Waals surface area (Å²) in [6.07, 6.45) is -1.18. The average molecular weight is 836 g/mol. The predicted octanol–water partition coefficient (Wildman–Crippen LogP) is 2.03. The average Bonchev–Trinajstić information content (AvgIpc) is 3.81. The lowest BCUT2D eigenvalue weighted by Crippen LogP contribution is -2.71. The third-order valence-electron chi connectivity index (χ3n) is 9.53. The molecule has 4 aliphatic rings. The van der Waals surface area contributed by atoms with E-state index in [0.717, 1.165) is 38.7 Å². The fraction of sp³-hybridized carbons (Fsp3) is 0.361. The molecule has 58 heavy (non-hydrogen) atoms. The minimum absolute atomic E-state index is 0.0116. The fourth-order valence-electron chi connectivity index (χ4n) is 6.83. The number of hydrogen-bond acceptors (Lipinski definition) is 17. The van der Waals surface area contributed by atoms with Gasteiger partial charge in [0.1, 0.15) is 23.7 Å². The van der Waals surface area contributed by atoms with Crippen LogP contribution in [0, 0.1) is 5.41 Å². The van der Waals surface area contributed by atoms with Gasteiger partial charge in [0.25, 0.3) is 18.7 Å². The summed E-state index contributed by atoms with van der Waals surface area (Å²) in [7, 11) is 1.58. The van der Waals surface area contributed by atoms with Crippen molar-refractivity contribution in [1.82, 2.24) is 34.8 Å². The van der Waals surface area contributed by atoms with E-state index in [1.165, 1.54) is 29.9 Å². The molecule has 3 unspecified atom stereocenters. The zero-order valence-corrected chi connectivity index (χ0v) is 32.8. The van der Waals surface area contributed by atoms with Crippen LogP contribution in [-0.2, 0) is 33.4 Å². The number of anilines is 1. The number of halogens is 1. The number of rotatable bonds is 12. The van der Waals surface area contributed by atoms with Crippen molar-refractivity contribution in [3.63, 3.8) is 0 Å². The maximum absolute atomic E-state index is 13.9. The number of nitrogens with zero attached hydrogens (tertiary/aromatic N) is 7. The normalized spacial score (nSPS) is 19.4. The van der Waals surface area contributed by atoms with E-state index in [-0.39, 0.29) is 46.5 Å². The van der Waals surface area contributed by atoms with E-state index in [4.69, 9.17) is 25.4 Å². The number of nitrogens with two attached hydrogens (primary N) is 1. The van der Waals surface area contributed by atoms with Gasteiger partial charge in [-0.05, 0) is 22.3 Å². The molecule has 2 amide bonds. The zero-order valence-electron chi connectivity index (χ0n) is 31.1. The van der Waals surface area contributed by atoms with Gasteiger partial charge in [-0.15, -0.1) is 11.8 Å². The highest BCUT2D eigenvalue weighted by Gasteiger charge is 2.55. The van der Waals surface area contributed by atoms with Crippen molar-refractivity contribution in [2.45, 2.75) is 30.5 Å². The molecule has 2 fully saturated rings. The number of ether oxygens (including phenoxy) is 3. The number of carbonyl (C=O) groups excluding carboxylic acids is 4. The summed E-state index contributed by atoms with van der Waals surface area (Å²) < 4.78 is 33.1. The second-order valence-electron chi connectivity index (χ2n) is 13.1. The van der Waals surface area contributed by atoms with Gasteiger partial charge in [0.05, 0.1) is 6.21 Å². The highest BCUT2D eigenvalue weighted by atomic mass is 32.2. The summed E-state index contributed by atoms with van der Waals surface area (Å²) in [5.41, 5.74) is 9.29. The van der Waals surface area contributed by atoms with Gasteiger partial charge in [-0.25, -0.2) is 19.0 Å². The number of benzene rings is 2. The Kier molecular flexibility index (Phi) is 12.1. The largest absolute Gasteiger partial charge is 0.511 e. The van der Waals surface area contributed by atoms with Crippen LogP contribution in [0.3, 0.4) is 0 Å². The molecule has 3 aromatic rings. The number of hydrogen-bond donors (Lipinski definition) is 4. The molecule has 1 aliphatic carbocycles. The van der Waals surface area contributed by atoms with E-state index < -0.39 is 54.2 Å². The smallest absolute Gasteiger partial charge is 0.433 e. The number of oxime groups is 1. The second kappa shape index (κ2) is 17.6. The van der Waals surface area contributed by atoms with Crippen molar-refractivity contribution >= 4 is 70.3 Å². The maximum atomic E-state index is 13.9. The van der Waals surface area contributed by atoms with Crippen LogP contribution in [0.2, 0.25) is 0 Å². The Morgan fingerprint density at radius 1 is 1.14 bits per heavy atom. The van der Waals surface area contributed by atoms with Crippen LogP contribution >= 0.6 is 23.3 Å². The Balaban J connectivity index is 1.05. The maximum Gasteiger partial charge on any atom is 0.511 e. The van der Waals surface area contributed by atoms with Crippen LogP contribution in [0.1, 0.15) is 29.8 Å². The molecule has 304 valence electrons. The number of nitrogens with one attached hydrogen (secondary N) is 3. The summed E-state index contributed by atoms with van der Waals surface area (Å²) in [6.45, 7) is 2.56. The van der Waals surface area contributed by atoms with Crippen molar-refractivity contribution in [3.05, 3.63) is 76.8 Å². The van der Waals surface area contributed by atoms with Crippen molar-refractivity contribution in [2.24, 2.45) is 10.3 Å². The SMILES string of the molecule is CC(OC(=O)OCC1c2ccccc2-c2ccccc21)OC(=O)C1=C(C=NN(C)C(=N)N2CCNCC2)CSC2C(NC(=O)C(=NOCF)c3nsc(N)n3)C(=O)N12. The summed E-state index contributed by atoms with van der Waals surface area (Å²) in [5, 5.41) is 22.7. The molecule has 0 bridgehead atoms. The topological polar surface area (TPSA) is 239 Å². The monoisotopic (exact) mass is 835 g/mol. The van der Waals surface area contributed by atoms with Crippen LogP contribution in [-0.4, -0.2) is 136 Å². The molecule has 5 N–H and O–H groups in total. The number of fused-ring (bicyclic) bond motifs is 4. The molecular formula is C36H38FN11O8S2. The van der Waals surface area contributed by atoms with E-state index in [2.05, 4.69) is 35.1 Å². The Hall–Kier alpha value is -6.13. The number of thioether (sulfide) groups is 1. The minimum atomic E-state index is -1.45. The molecule has 22 heteroatoms. The van der Waals surface area contributed by atoms with Crippen LogP contribution in [0.5, 0.6) is 0 Å². The van der Waals surface area contributed by atoms with Crippen LogP contribution in [0.4, 0.5) is 14.3 Å². The number of guanidine groups is 1. The van der Waals surface area contributed by atoms with Gasteiger partial charge in [-0.1, -0.05) is 53.7 Å². The number of nitrogen functional groups attached to an aromatic ring is 1. The fourth-order valence-corrected chi connectivity index (χ4v) is 8.56. The molecule has 1 aromatic heterocycles. The predicted molar refractivity (Wildman–Crippen MR) is 210 cm³/mol. The lowest BCUT2D eigenvalue weighted by molar-refractivity contribution is -0.169. The standard InChI is InChI=1S/C36H38FN11O8S2/c1-19(56-36(52)53-16-25-23-9-5-3-7-21(23)22-8-4-6-10-24(22)25)55-33(51)28-20(15-41-46(2)35(39)47-13-11-40-12-14-47)17-57-32-27(31(50)48(28)32)42-30(49)26(44-54-18-37)29-43-34(38)58-45-29/h3-10,15,19,25,27,32,39-40H,11-14,16-18H2,1-2H3,(H,42,49)(H2,38,43,45). The second-order valence-corrected chi connectivity index (χ2v) is 15.0. The summed E-state index contributed by atoms with van der Waals surface area (Å²) in [5.74, 6) is -2.91. The van der Waals surface area contributed by atoms with E-state index in [0.29, 0.717) is 26.2 Å². The lowest BCUT2D eigenvalue weighted by Gasteiger charge is -2.49. The van der Waals surface area contributed by atoms with Gasteiger partial charge in [-0.2, -0.15) is 14.5 Å². The van der Waals surface area contributed by atoms with E-state index in [9.17, 15) is 23.6 Å². The van der Waals surface area contributed by atoms with Gasteiger partial charge in [0.15, 0.2) is 5.13 Å². The number of aromatic nitrogens is 2. The minimum Gasteiger partial charge on any atom is -0.433 e. The Bertz CT molecular complexity index is 2150. The third kappa shape index (κ3) is 8.29. The molecule has 2 aromatic carbocycles. The van der Waals surface area contributed by atoms with Gasteiger partial charge < -0.3 is 40.3 Å². The van der Waals surface area contributed by atoms with Crippen molar-refractivity contribution in [2.75, 3.05) is 58.2 Å². The molecule has 4 heterocycles. The molecule has 0 spiro atoms. The van der Waals surface area contributed by atoms with Gasteiger partial charge in [0.2, 0.25) is 23.8 Å². The molecule has 0 radical (unpaired) electrons. The Morgan fingerprint density at radius 3 is 2.48 bits per heavy atom. The summed E-state index contributed by atoms with van der Waals surface area (Å²) in [6, 6.07) is 14.5. The van der Waals surface area contributed by atoms with Crippen molar-refractivity contribution in [3.8, 4) is 11.1 Å². The molecule has 2 saturated heterocycles. The molecular weight excluding hydrogens is 798 g/mol. The number of esters is 1. The molecule has 3 atom stereocenters. The summed E-state index contributed by atoms with van der Waals surface area (Å²) in [4.78, 5) is 65.2. The third-order valence-corrected chi connectivity index (χ3v) is 11.4. The van der Waals surface area contributed by atoms with Gasteiger partial charge in [-0.3, -0.25) is 19.9 Å². The van der Waals surface area contributed by atoms with E-state index >= 15 is 0 Å². The number of carbonyl (C=O) groups is 4. The van der Waals surface area contributed by atoms with Crippen LogP contribution in [0.15, 0.2) is 70.1 Å². The van der Waals surface area contributed by atoms with Crippen molar-refractivity contribution in [1.29, 1.82) is 5.41 Å². The first-order chi connectivity index (χ1) is 28.0. The van der Waals surface area contributed by atoms with E-state index in [1.54, 1.807) is 7.05 Å². The van der Waals surface area contributed by atoms with Gasteiger partial charge >= 0.3 is 12.1 Å². The highest BCUT2D eigenvalue weighted by molar-refractivity contribution is 8.00. The first-order valence-corrected chi connectivity index (χ1v) is 19.8. The van der Waals surface area contributed by atoms with Crippen LogP contribution < -0.4 is 16.4 Å². The lowest BCUT2D eigenvalue weighted by atomic mass is 9.98. The molecule has 3 aliphatic heterocycles.